The first-order valence-corrected chi connectivity index (χ1v) is 10.6. The number of likely N-dealkylation sites (N-methyl/N-ethyl adjacent to an activating group) is 1. The summed E-state index contributed by atoms with van der Waals surface area (Å²) in [6, 6.07) is 6.48. The van der Waals surface area contributed by atoms with Gasteiger partial charge in [0.1, 0.15) is 0 Å². The maximum atomic E-state index is 13.4. The van der Waals surface area contributed by atoms with Gasteiger partial charge in [-0.1, -0.05) is 26.0 Å². The van der Waals surface area contributed by atoms with Crippen molar-refractivity contribution in [3.63, 3.8) is 0 Å². The second kappa shape index (κ2) is 9.57. The van der Waals surface area contributed by atoms with Crippen molar-refractivity contribution >= 4 is 23.6 Å². The van der Waals surface area contributed by atoms with Crippen LogP contribution in [0.4, 0.5) is 0 Å². The van der Waals surface area contributed by atoms with Crippen LogP contribution in [0.3, 0.4) is 0 Å². The van der Waals surface area contributed by atoms with Crippen molar-refractivity contribution in [2.24, 2.45) is 17.8 Å². The van der Waals surface area contributed by atoms with Crippen LogP contribution in [0, 0.1) is 17.8 Å². The van der Waals surface area contributed by atoms with E-state index in [0.717, 1.165) is 18.0 Å². The summed E-state index contributed by atoms with van der Waals surface area (Å²) >= 11 is 0. The number of carbonyl (C=O) groups is 4. The second-order valence-corrected chi connectivity index (χ2v) is 8.71. The van der Waals surface area contributed by atoms with Crippen LogP contribution in [-0.4, -0.2) is 83.3 Å². The molecule has 1 aromatic carbocycles. The normalized spacial score (nSPS) is 18.9. The van der Waals surface area contributed by atoms with Gasteiger partial charge in [0.2, 0.25) is 11.8 Å². The van der Waals surface area contributed by atoms with Gasteiger partial charge in [0, 0.05) is 32.7 Å². The van der Waals surface area contributed by atoms with Crippen LogP contribution in [0.25, 0.3) is 0 Å². The molecule has 1 aromatic rings. The number of imide groups is 1. The zero-order chi connectivity index (χ0) is 22.7. The van der Waals surface area contributed by atoms with Crippen molar-refractivity contribution in [2.45, 2.75) is 20.3 Å². The van der Waals surface area contributed by atoms with Crippen LogP contribution in [0.1, 0.15) is 41.0 Å². The summed E-state index contributed by atoms with van der Waals surface area (Å²) in [5.41, 5.74) is 2.20. The Morgan fingerprint density at radius 3 is 2.03 bits per heavy atom. The average Bonchev–Trinajstić information content (AvgIpc) is 3.00. The van der Waals surface area contributed by atoms with Gasteiger partial charge in [0.15, 0.2) is 0 Å². The number of hydrogen-bond acceptors (Lipinski definition) is 6. The highest BCUT2D eigenvalue weighted by Crippen LogP contribution is 2.29. The van der Waals surface area contributed by atoms with Gasteiger partial charge in [-0.15, -0.1) is 0 Å². The molecule has 3 rings (SSSR count). The maximum Gasteiger partial charge on any atom is 0.261 e. The quantitative estimate of drug-likeness (QED) is 0.377. The lowest BCUT2D eigenvalue weighted by molar-refractivity contribution is -0.147. The van der Waals surface area contributed by atoms with Gasteiger partial charge in [0.25, 0.3) is 11.8 Å². The van der Waals surface area contributed by atoms with Gasteiger partial charge in [-0.25, -0.2) is 5.48 Å². The van der Waals surface area contributed by atoms with Crippen molar-refractivity contribution in [2.75, 3.05) is 39.8 Å². The minimum atomic E-state index is -1.05. The third kappa shape index (κ3) is 4.77. The largest absolute Gasteiger partial charge is 0.340 e. The zero-order valence-corrected chi connectivity index (χ0v) is 18.2. The fourth-order valence-electron chi connectivity index (χ4n) is 4.28. The zero-order valence-electron chi connectivity index (χ0n) is 18.2. The summed E-state index contributed by atoms with van der Waals surface area (Å²) in [6.45, 7) is 6.18. The molecule has 0 aliphatic carbocycles. The smallest absolute Gasteiger partial charge is 0.261 e. The van der Waals surface area contributed by atoms with Crippen LogP contribution in [0.5, 0.6) is 0 Å². The molecule has 2 atom stereocenters. The molecule has 0 bridgehead atoms. The van der Waals surface area contributed by atoms with Crippen molar-refractivity contribution in [1.82, 2.24) is 20.2 Å². The lowest BCUT2D eigenvalue weighted by Crippen LogP contribution is -2.53. The van der Waals surface area contributed by atoms with E-state index in [1.807, 2.05) is 20.9 Å². The molecule has 9 nitrogen and oxygen atoms in total. The molecule has 0 spiro atoms. The monoisotopic (exact) mass is 430 g/mol. The first-order valence-electron chi connectivity index (χ1n) is 10.6. The highest BCUT2D eigenvalue weighted by atomic mass is 16.5. The Bertz CT molecular complexity index is 828. The van der Waals surface area contributed by atoms with Gasteiger partial charge in [-0.3, -0.25) is 29.3 Å². The topological polar surface area (TPSA) is 110 Å². The van der Waals surface area contributed by atoms with E-state index in [0.29, 0.717) is 19.5 Å². The van der Waals surface area contributed by atoms with Crippen molar-refractivity contribution < 1.29 is 24.4 Å². The molecular formula is C22H30N4O5. The molecule has 2 aliphatic heterocycles. The van der Waals surface area contributed by atoms with E-state index in [9.17, 15) is 24.4 Å². The van der Waals surface area contributed by atoms with E-state index in [4.69, 9.17) is 0 Å². The van der Waals surface area contributed by atoms with Crippen molar-refractivity contribution in [3.8, 4) is 0 Å². The molecule has 1 saturated heterocycles. The molecule has 2 unspecified atom stereocenters. The van der Waals surface area contributed by atoms with Crippen LogP contribution >= 0.6 is 0 Å². The maximum absolute atomic E-state index is 13.4. The molecular weight excluding hydrogens is 400 g/mol. The fraction of sp³-hybridized carbons (Fsp3) is 0.545. The van der Waals surface area contributed by atoms with E-state index < -0.39 is 29.6 Å². The molecule has 2 N–H and O–H groups in total. The molecule has 4 amide bonds. The van der Waals surface area contributed by atoms with Gasteiger partial charge >= 0.3 is 0 Å². The molecule has 0 saturated carbocycles. The second-order valence-electron chi connectivity index (χ2n) is 8.71. The molecule has 2 aliphatic rings. The van der Waals surface area contributed by atoms with Crippen molar-refractivity contribution in [1.29, 1.82) is 0 Å². The number of piperazine rings is 1. The summed E-state index contributed by atoms with van der Waals surface area (Å²) < 4.78 is 0. The molecule has 1 fully saturated rings. The minimum Gasteiger partial charge on any atom is -0.340 e. The van der Waals surface area contributed by atoms with Gasteiger partial charge in [0.05, 0.1) is 23.0 Å². The summed E-state index contributed by atoms with van der Waals surface area (Å²) in [5.74, 6) is -3.67. The number of benzene rings is 1. The van der Waals surface area contributed by atoms with Crippen LogP contribution < -0.4 is 5.48 Å². The van der Waals surface area contributed by atoms with E-state index in [1.54, 1.807) is 34.6 Å². The Morgan fingerprint density at radius 1 is 1.00 bits per heavy atom. The Labute approximate surface area is 181 Å². The predicted octanol–water partition coefficient (Wildman–Crippen LogP) is 0.841. The average molecular weight is 431 g/mol. The first kappa shape index (κ1) is 22.9. The minimum absolute atomic E-state index is 0.0950. The summed E-state index contributed by atoms with van der Waals surface area (Å²) in [7, 11) is 1.98. The first-order chi connectivity index (χ1) is 14.7. The summed E-state index contributed by atoms with van der Waals surface area (Å²) in [4.78, 5) is 56.6. The molecule has 168 valence electrons. The lowest BCUT2D eigenvalue weighted by atomic mass is 9.83. The van der Waals surface area contributed by atoms with Crippen molar-refractivity contribution in [3.05, 3.63) is 35.4 Å². The van der Waals surface area contributed by atoms with Crippen LogP contribution in [-0.2, 0) is 9.59 Å². The molecule has 2 heterocycles. The SMILES string of the molecule is CC(C)CC(C(=O)N1CCN(C)CC1)C(CN1C(=O)c2ccccc2C1=O)C(=O)NO. The third-order valence-electron chi connectivity index (χ3n) is 6.05. The number of nitrogens with zero attached hydrogens (tertiary/aromatic N) is 3. The number of carbonyl (C=O) groups excluding carboxylic acids is 4. The fourth-order valence-corrected chi connectivity index (χ4v) is 4.28. The third-order valence-corrected chi connectivity index (χ3v) is 6.05. The highest BCUT2D eigenvalue weighted by molar-refractivity contribution is 6.21. The molecule has 0 aromatic heterocycles. The standard InChI is InChI=1S/C22H30N4O5/c1-14(2)12-17(20(28)25-10-8-24(3)9-11-25)18(19(27)23-31)13-26-21(29)15-6-4-5-7-16(15)22(26)30/h4-7,14,17-18,31H,8-13H2,1-3H3,(H,23,27). The lowest BCUT2D eigenvalue weighted by Gasteiger charge is -2.37. The molecule has 0 radical (unpaired) electrons. The highest BCUT2D eigenvalue weighted by Gasteiger charge is 2.43. The van der Waals surface area contributed by atoms with Gasteiger partial charge < -0.3 is 9.80 Å². The summed E-state index contributed by atoms with van der Waals surface area (Å²) in [6.07, 6.45) is 0.395. The number of hydroxylamine groups is 1. The number of amides is 4. The number of rotatable bonds is 7. The summed E-state index contributed by atoms with van der Waals surface area (Å²) in [5, 5.41) is 9.37. The Balaban J connectivity index is 1.88. The van der Waals surface area contributed by atoms with Gasteiger partial charge in [-0.05, 0) is 31.5 Å². The van der Waals surface area contributed by atoms with E-state index in [-0.39, 0.29) is 29.5 Å². The Hall–Kier alpha value is -2.78. The van der Waals surface area contributed by atoms with E-state index in [1.165, 1.54) is 0 Å². The Kier molecular flexibility index (Phi) is 7.07. The number of nitrogens with one attached hydrogen (secondary N) is 1. The number of fused-ring (bicyclic) bond motifs is 1. The predicted molar refractivity (Wildman–Crippen MR) is 112 cm³/mol. The van der Waals surface area contributed by atoms with E-state index in [2.05, 4.69) is 4.90 Å². The van der Waals surface area contributed by atoms with Crippen LogP contribution in [0.15, 0.2) is 24.3 Å². The van der Waals surface area contributed by atoms with Crippen LogP contribution in [0.2, 0.25) is 0 Å². The van der Waals surface area contributed by atoms with E-state index >= 15 is 0 Å². The molecule has 31 heavy (non-hydrogen) atoms. The molecule has 9 heteroatoms. The van der Waals surface area contributed by atoms with Gasteiger partial charge in [-0.2, -0.15) is 0 Å². The number of hydrogen-bond donors (Lipinski definition) is 2. The Morgan fingerprint density at radius 2 is 1.55 bits per heavy atom.